The van der Waals surface area contributed by atoms with Crippen LogP contribution in [0.15, 0.2) is 53.9 Å². The van der Waals surface area contributed by atoms with Gasteiger partial charge < -0.3 is 0 Å². The molecule has 0 aromatic heterocycles. The predicted molar refractivity (Wildman–Crippen MR) is 101 cm³/mol. The zero-order valence-corrected chi connectivity index (χ0v) is 15.8. The molecule has 2 aromatic rings. The number of benzene rings is 2. The molecule has 25 heavy (non-hydrogen) atoms. The van der Waals surface area contributed by atoms with Crippen LogP contribution < -0.4 is 4.72 Å². The molecule has 0 unspecified atom stereocenters. The Balaban J connectivity index is 2.02. The molecular weight excluding hydrogens is 358 g/mol. The van der Waals surface area contributed by atoms with Crippen LogP contribution >= 0.6 is 0 Å². The molecule has 0 radical (unpaired) electrons. The highest BCUT2D eigenvalue weighted by Gasteiger charge is 2.08. The zero-order chi connectivity index (χ0) is 18.5. The first-order valence-electron chi connectivity index (χ1n) is 7.63. The summed E-state index contributed by atoms with van der Waals surface area (Å²) in [6.45, 7) is 2.06. The van der Waals surface area contributed by atoms with Crippen molar-refractivity contribution in [3.8, 4) is 0 Å². The molecule has 0 bridgehead atoms. The van der Waals surface area contributed by atoms with Gasteiger partial charge in [-0.1, -0.05) is 54.1 Å². The number of rotatable bonds is 7. The Kier molecular flexibility index (Phi) is 6.16. The van der Waals surface area contributed by atoms with Crippen LogP contribution in [0.2, 0.25) is 0 Å². The van der Waals surface area contributed by atoms with Gasteiger partial charge in [0.1, 0.15) is 0 Å². The second-order valence-corrected chi connectivity index (χ2v) is 9.76. The lowest BCUT2D eigenvalue weighted by Crippen LogP contribution is -2.20. The Bertz CT molecular complexity index is 960. The van der Waals surface area contributed by atoms with Gasteiger partial charge in [0.2, 0.25) is 10.0 Å². The number of nitrogens with one attached hydrogen (secondary N) is 1. The minimum atomic E-state index is -3.58. The van der Waals surface area contributed by atoms with Gasteiger partial charge in [-0.3, -0.25) is 0 Å². The van der Waals surface area contributed by atoms with Gasteiger partial charge in [-0.15, -0.1) is 0 Å². The average Bonchev–Trinajstić information content (AvgIpc) is 2.51. The third kappa shape index (κ3) is 7.21. The van der Waals surface area contributed by atoms with E-state index >= 15 is 0 Å². The van der Waals surface area contributed by atoms with Crippen molar-refractivity contribution < 1.29 is 16.8 Å². The molecule has 5 nitrogen and oxygen atoms in total. The predicted octanol–water partition coefficient (Wildman–Crippen LogP) is 2.63. The Hall–Kier alpha value is -1.96. The zero-order valence-electron chi connectivity index (χ0n) is 14.1. The van der Waals surface area contributed by atoms with Crippen LogP contribution in [0.3, 0.4) is 0 Å². The second kappa shape index (κ2) is 7.95. The first-order valence-corrected chi connectivity index (χ1v) is 11.2. The topological polar surface area (TPSA) is 80.3 Å². The fourth-order valence-corrected chi connectivity index (χ4v) is 3.80. The second-order valence-electron chi connectivity index (χ2n) is 5.97. The van der Waals surface area contributed by atoms with Crippen molar-refractivity contribution in [2.45, 2.75) is 19.2 Å². The van der Waals surface area contributed by atoms with Crippen molar-refractivity contribution in [2.24, 2.45) is 0 Å². The third-order valence-electron chi connectivity index (χ3n) is 3.41. The first-order chi connectivity index (χ1) is 11.6. The molecule has 0 spiro atoms. The van der Waals surface area contributed by atoms with Crippen molar-refractivity contribution in [3.63, 3.8) is 0 Å². The van der Waals surface area contributed by atoms with Crippen LogP contribution in [0.5, 0.6) is 0 Å². The summed E-state index contributed by atoms with van der Waals surface area (Å²) in [5, 5.41) is 1.12. The van der Waals surface area contributed by atoms with Crippen LogP contribution in [-0.2, 0) is 32.2 Å². The molecule has 0 saturated heterocycles. The van der Waals surface area contributed by atoms with Gasteiger partial charge in [0, 0.05) is 18.2 Å². The van der Waals surface area contributed by atoms with E-state index < -0.39 is 19.9 Å². The van der Waals surface area contributed by atoms with E-state index in [0.717, 1.165) is 22.8 Å². The quantitative estimate of drug-likeness (QED) is 0.802. The van der Waals surface area contributed by atoms with Crippen molar-refractivity contribution in [3.05, 3.63) is 76.2 Å². The van der Waals surface area contributed by atoms with Crippen LogP contribution in [0, 0.1) is 6.92 Å². The number of sulfonamides is 1. The summed E-state index contributed by atoms with van der Waals surface area (Å²) >= 11 is 0. The molecule has 2 aromatic carbocycles. The van der Waals surface area contributed by atoms with E-state index in [1.54, 1.807) is 24.3 Å². The summed E-state index contributed by atoms with van der Waals surface area (Å²) < 4.78 is 49.3. The normalized spacial score (nSPS) is 12.6. The van der Waals surface area contributed by atoms with Gasteiger partial charge in [0.05, 0.1) is 5.75 Å². The Morgan fingerprint density at radius 3 is 2.24 bits per heavy atom. The standard InChI is InChI=1S/C18H21NO4S2/c1-15-6-8-16(9-7-15)10-11-25(22,23)19-13-17-4-3-5-18(12-17)14-24(2,20)21/h3-12,19H,13-14H2,1-2H3/b11-10-. The number of aryl methyl sites for hydroxylation is 1. The molecule has 0 atom stereocenters. The van der Waals surface area contributed by atoms with E-state index in [2.05, 4.69) is 4.72 Å². The molecule has 7 heteroatoms. The Morgan fingerprint density at radius 1 is 0.960 bits per heavy atom. The highest BCUT2D eigenvalue weighted by Crippen LogP contribution is 2.10. The van der Waals surface area contributed by atoms with Crippen molar-refractivity contribution >= 4 is 25.9 Å². The van der Waals surface area contributed by atoms with Crippen LogP contribution in [0.25, 0.3) is 6.08 Å². The lowest BCUT2D eigenvalue weighted by Gasteiger charge is -2.06. The summed E-state index contributed by atoms with van der Waals surface area (Å²) in [6.07, 6.45) is 2.69. The van der Waals surface area contributed by atoms with Crippen molar-refractivity contribution in [2.75, 3.05) is 6.26 Å². The number of hydrogen-bond acceptors (Lipinski definition) is 4. The SMILES string of the molecule is Cc1ccc(/C=C\S(=O)(=O)NCc2cccc(CS(C)(=O)=O)c2)cc1. The molecule has 0 aliphatic rings. The molecule has 0 saturated carbocycles. The number of hydrogen-bond donors (Lipinski definition) is 1. The maximum atomic E-state index is 12.1. The Morgan fingerprint density at radius 2 is 1.60 bits per heavy atom. The van der Waals surface area contributed by atoms with Crippen molar-refractivity contribution in [1.29, 1.82) is 0 Å². The van der Waals surface area contributed by atoms with Crippen LogP contribution in [-0.4, -0.2) is 23.1 Å². The van der Waals surface area contributed by atoms with E-state index in [-0.39, 0.29) is 12.3 Å². The highest BCUT2D eigenvalue weighted by atomic mass is 32.2. The lowest BCUT2D eigenvalue weighted by molar-refractivity contribution is 0.590. The maximum Gasteiger partial charge on any atom is 0.234 e. The van der Waals surface area contributed by atoms with Gasteiger partial charge in [0.25, 0.3) is 0 Å². The Labute approximate surface area is 149 Å². The molecule has 0 aliphatic carbocycles. The molecule has 134 valence electrons. The molecule has 1 N–H and O–H groups in total. The van der Waals surface area contributed by atoms with E-state index in [4.69, 9.17) is 0 Å². The van der Waals surface area contributed by atoms with E-state index in [9.17, 15) is 16.8 Å². The van der Waals surface area contributed by atoms with E-state index in [1.165, 1.54) is 6.08 Å². The van der Waals surface area contributed by atoms with Gasteiger partial charge in [-0.05, 0) is 29.7 Å². The van der Waals surface area contributed by atoms with Crippen LogP contribution in [0.4, 0.5) is 0 Å². The molecule has 0 amide bonds. The fraction of sp³-hybridized carbons (Fsp3) is 0.222. The van der Waals surface area contributed by atoms with Gasteiger partial charge in [-0.25, -0.2) is 21.6 Å². The highest BCUT2D eigenvalue weighted by molar-refractivity contribution is 7.92. The first kappa shape index (κ1) is 19.4. The molecule has 0 heterocycles. The van der Waals surface area contributed by atoms with E-state index in [0.29, 0.717) is 11.1 Å². The maximum absolute atomic E-state index is 12.1. The van der Waals surface area contributed by atoms with Gasteiger partial charge >= 0.3 is 0 Å². The third-order valence-corrected chi connectivity index (χ3v) is 5.31. The number of sulfone groups is 1. The summed E-state index contributed by atoms with van der Waals surface area (Å²) in [5.41, 5.74) is 3.24. The summed E-state index contributed by atoms with van der Waals surface area (Å²) in [6, 6.07) is 14.4. The molecular formula is C18H21NO4S2. The van der Waals surface area contributed by atoms with Crippen LogP contribution in [0.1, 0.15) is 22.3 Å². The lowest BCUT2D eigenvalue weighted by atomic mass is 10.1. The molecule has 0 aliphatic heterocycles. The summed E-state index contributed by atoms with van der Waals surface area (Å²) in [5.74, 6) is -0.0685. The largest absolute Gasteiger partial charge is 0.234 e. The van der Waals surface area contributed by atoms with Gasteiger partial charge in [0.15, 0.2) is 9.84 Å². The van der Waals surface area contributed by atoms with E-state index in [1.807, 2.05) is 31.2 Å². The molecule has 0 fully saturated rings. The monoisotopic (exact) mass is 379 g/mol. The minimum absolute atomic E-state index is 0.0685. The fourth-order valence-electron chi connectivity index (χ4n) is 2.21. The van der Waals surface area contributed by atoms with Crippen molar-refractivity contribution in [1.82, 2.24) is 4.72 Å². The summed E-state index contributed by atoms with van der Waals surface area (Å²) in [7, 11) is -6.71. The van der Waals surface area contributed by atoms with Gasteiger partial charge in [-0.2, -0.15) is 0 Å². The summed E-state index contributed by atoms with van der Waals surface area (Å²) in [4.78, 5) is 0. The average molecular weight is 380 g/mol. The minimum Gasteiger partial charge on any atom is -0.229 e. The smallest absolute Gasteiger partial charge is 0.229 e. The molecule has 2 rings (SSSR count).